The van der Waals surface area contributed by atoms with Gasteiger partial charge in [0.25, 0.3) is 0 Å². The summed E-state index contributed by atoms with van der Waals surface area (Å²) in [5.74, 6) is 0.455. The molecule has 0 radical (unpaired) electrons. The zero-order valence-electron chi connectivity index (χ0n) is 17.6. The lowest BCUT2D eigenvalue weighted by Crippen LogP contribution is -2.48. The van der Waals surface area contributed by atoms with Crippen molar-refractivity contribution in [3.63, 3.8) is 0 Å². The molecule has 0 aliphatic heterocycles. The molecule has 0 saturated heterocycles. The zero-order chi connectivity index (χ0) is 21.0. The predicted molar refractivity (Wildman–Crippen MR) is 117 cm³/mol. The first-order valence-electron chi connectivity index (χ1n) is 11.1. The summed E-state index contributed by atoms with van der Waals surface area (Å²) in [6.45, 7) is 0.487. The van der Waals surface area contributed by atoms with E-state index in [9.17, 15) is 9.59 Å². The SMILES string of the molecule is O=C(CCc1ccccn1)NCC(NC(=O)CCc1ccccn1)C1CCCCC1. The van der Waals surface area contributed by atoms with E-state index in [1.54, 1.807) is 12.4 Å². The molecule has 6 heteroatoms. The van der Waals surface area contributed by atoms with Gasteiger partial charge in [0, 0.05) is 49.2 Å². The van der Waals surface area contributed by atoms with Crippen molar-refractivity contribution >= 4 is 11.8 Å². The van der Waals surface area contributed by atoms with Gasteiger partial charge in [0.2, 0.25) is 11.8 Å². The highest BCUT2D eigenvalue weighted by atomic mass is 16.2. The second kappa shape index (κ2) is 12.1. The van der Waals surface area contributed by atoms with Crippen LogP contribution in [0.4, 0.5) is 0 Å². The maximum absolute atomic E-state index is 12.6. The second-order valence-corrected chi connectivity index (χ2v) is 8.02. The van der Waals surface area contributed by atoms with Gasteiger partial charge in [-0.05, 0) is 55.9 Å². The van der Waals surface area contributed by atoms with Gasteiger partial charge in [-0.3, -0.25) is 19.6 Å². The van der Waals surface area contributed by atoms with Crippen molar-refractivity contribution in [2.75, 3.05) is 6.54 Å². The van der Waals surface area contributed by atoms with E-state index in [1.165, 1.54) is 19.3 Å². The molecule has 0 spiro atoms. The molecule has 1 atom stereocenters. The number of carbonyl (C=O) groups is 2. The molecule has 2 aromatic rings. The van der Waals surface area contributed by atoms with Crippen molar-refractivity contribution in [2.45, 2.75) is 63.8 Å². The minimum absolute atomic E-state index is 0.00389. The maximum Gasteiger partial charge on any atom is 0.220 e. The lowest BCUT2D eigenvalue weighted by molar-refractivity contribution is -0.124. The van der Waals surface area contributed by atoms with Crippen LogP contribution in [0.25, 0.3) is 0 Å². The Kier molecular flexibility index (Phi) is 8.81. The molecule has 2 aromatic heterocycles. The van der Waals surface area contributed by atoms with Crippen LogP contribution in [-0.2, 0) is 22.4 Å². The summed E-state index contributed by atoms with van der Waals surface area (Å²) in [5.41, 5.74) is 1.84. The van der Waals surface area contributed by atoms with E-state index in [1.807, 2.05) is 36.4 Å². The number of nitrogens with zero attached hydrogens (tertiary/aromatic N) is 2. The fourth-order valence-electron chi connectivity index (χ4n) is 4.04. The number of aromatic nitrogens is 2. The van der Waals surface area contributed by atoms with Crippen molar-refractivity contribution in [1.29, 1.82) is 0 Å². The van der Waals surface area contributed by atoms with Crippen LogP contribution in [0.2, 0.25) is 0 Å². The van der Waals surface area contributed by atoms with Gasteiger partial charge in [0.05, 0.1) is 0 Å². The van der Waals surface area contributed by atoms with Gasteiger partial charge < -0.3 is 10.6 Å². The Morgan fingerprint density at radius 2 is 1.47 bits per heavy atom. The molecular formula is C24H32N4O2. The normalized spacial score (nSPS) is 15.3. The third-order valence-corrected chi connectivity index (χ3v) is 5.75. The number of pyridine rings is 2. The van der Waals surface area contributed by atoms with Crippen LogP contribution in [0.5, 0.6) is 0 Å². The third kappa shape index (κ3) is 7.58. The van der Waals surface area contributed by atoms with Gasteiger partial charge in [0.1, 0.15) is 0 Å². The van der Waals surface area contributed by atoms with Gasteiger partial charge in [-0.2, -0.15) is 0 Å². The number of nitrogens with one attached hydrogen (secondary N) is 2. The average molecular weight is 409 g/mol. The highest BCUT2D eigenvalue weighted by molar-refractivity contribution is 5.77. The maximum atomic E-state index is 12.6. The van der Waals surface area contributed by atoms with Crippen molar-refractivity contribution in [3.8, 4) is 0 Å². The van der Waals surface area contributed by atoms with Gasteiger partial charge in [0.15, 0.2) is 0 Å². The van der Waals surface area contributed by atoms with E-state index in [0.29, 0.717) is 38.1 Å². The van der Waals surface area contributed by atoms with Crippen LogP contribution in [0, 0.1) is 5.92 Å². The summed E-state index contributed by atoms with van der Waals surface area (Å²) in [7, 11) is 0. The van der Waals surface area contributed by atoms with E-state index in [2.05, 4.69) is 20.6 Å². The first kappa shape index (κ1) is 21.9. The molecule has 1 saturated carbocycles. The first-order chi connectivity index (χ1) is 14.7. The Labute approximate surface area is 178 Å². The van der Waals surface area contributed by atoms with E-state index < -0.39 is 0 Å². The number of rotatable bonds is 10. The first-order valence-corrected chi connectivity index (χ1v) is 11.1. The van der Waals surface area contributed by atoms with E-state index in [-0.39, 0.29) is 17.9 Å². The molecule has 2 heterocycles. The van der Waals surface area contributed by atoms with Crippen LogP contribution in [0.15, 0.2) is 48.8 Å². The number of carbonyl (C=O) groups excluding carboxylic acids is 2. The molecule has 6 nitrogen and oxygen atoms in total. The summed E-state index contributed by atoms with van der Waals surface area (Å²) < 4.78 is 0. The Morgan fingerprint density at radius 1 is 0.867 bits per heavy atom. The van der Waals surface area contributed by atoms with Crippen LogP contribution >= 0.6 is 0 Å². The Morgan fingerprint density at radius 3 is 2.03 bits per heavy atom. The molecule has 0 aromatic carbocycles. The lowest BCUT2D eigenvalue weighted by atomic mass is 9.83. The minimum atomic E-state index is -0.0136. The van der Waals surface area contributed by atoms with Crippen LogP contribution in [0.3, 0.4) is 0 Å². The van der Waals surface area contributed by atoms with E-state index in [4.69, 9.17) is 0 Å². The third-order valence-electron chi connectivity index (χ3n) is 5.75. The monoisotopic (exact) mass is 408 g/mol. The largest absolute Gasteiger partial charge is 0.354 e. The fraction of sp³-hybridized carbons (Fsp3) is 0.500. The molecule has 0 bridgehead atoms. The Bertz CT molecular complexity index is 776. The summed E-state index contributed by atoms with van der Waals surface area (Å²) in [6.07, 6.45) is 11.4. The number of amides is 2. The lowest BCUT2D eigenvalue weighted by Gasteiger charge is -2.31. The number of aryl methyl sites for hydroxylation is 2. The molecule has 2 amide bonds. The average Bonchev–Trinajstić information content (AvgIpc) is 2.81. The fourth-order valence-corrected chi connectivity index (χ4v) is 4.04. The van der Waals surface area contributed by atoms with Gasteiger partial charge in [-0.1, -0.05) is 31.4 Å². The smallest absolute Gasteiger partial charge is 0.220 e. The molecule has 2 N–H and O–H groups in total. The molecule has 1 unspecified atom stereocenters. The van der Waals surface area contributed by atoms with Crippen LogP contribution < -0.4 is 10.6 Å². The van der Waals surface area contributed by atoms with Gasteiger partial charge in [-0.25, -0.2) is 0 Å². The highest BCUT2D eigenvalue weighted by Gasteiger charge is 2.25. The molecule has 1 fully saturated rings. The summed E-state index contributed by atoms with van der Waals surface area (Å²) in [6, 6.07) is 11.5. The highest BCUT2D eigenvalue weighted by Crippen LogP contribution is 2.26. The van der Waals surface area contributed by atoms with E-state index in [0.717, 1.165) is 24.2 Å². The van der Waals surface area contributed by atoms with Crippen molar-refractivity contribution in [3.05, 3.63) is 60.2 Å². The van der Waals surface area contributed by atoms with Crippen LogP contribution in [0.1, 0.15) is 56.3 Å². The zero-order valence-corrected chi connectivity index (χ0v) is 17.6. The minimum Gasteiger partial charge on any atom is -0.354 e. The summed E-state index contributed by atoms with van der Waals surface area (Å²) in [4.78, 5) is 33.4. The summed E-state index contributed by atoms with van der Waals surface area (Å²) >= 11 is 0. The number of hydrogen-bond acceptors (Lipinski definition) is 4. The van der Waals surface area contributed by atoms with Crippen molar-refractivity contribution < 1.29 is 9.59 Å². The molecule has 30 heavy (non-hydrogen) atoms. The molecular weight excluding hydrogens is 376 g/mol. The molecule has 1 aliphatic carbocycles. The Hall–Kier alpha value is -2.76. The van der Waals surface area contributed by atoms with Crippen molar-refractivity contribution in [2.24, 2.45) is 5.92 Å². The standard InChI is InChI=1S/C24H32N4O2/c29-23(14-12-20-10-4-6-16-25-20)27-18-22(19-8-2-1-3-9-19)28-24(30)15-13-21-11-5-7-17-26-21/h4-7,10-11,16-17,19,22H,1-3,8-9,12-15,18H2,(H,27,29)(H,28,30). The summed E-state index contributed by atoms with van der Waals surface area (Å²) in [5, 5.41) is 6.23. The predicted octanol–water partition coefficient (Wildman–Crippen LogP) is 3.22. The topological polar surface area (TPSA) is 84.0 Å². The second-order valence-electron chi connectivity index (χ2n) is 8.02. The molecule has 3 rings (SSSR count). The van der Waals surface area contributed by atoms with Crippen molar-refractivity contribution in [1.82, 2.24) is 20.6 Å². The number of hydrogen-bond donors (Lipinski definition) is 2. The van der Waals surface area contributed by atoms with Crippen LogP contribution in [-0.4, -0.2) is 34.4 Å². The molecule has 160 valence electrons. The van der Waals surface area contributed by atoms with E-state index >= 15 is 0 Å². The quantitative estimate of drug-likeness (QED) is 0.632. The Balaban J connectivity index is 1.47. The van der Waals surface area contributed by atoms with Gasteiger partial charge in [-0.15, -0.1) is 0 Å². The van der Waals surface area contributed by atoms with Gasteiger partial charge >= 0.3 is 0 Å². The molecule has 1 aliphatic rings.